The fraction of sp³-hybridized carbons (Fsp3) is 0.800. The number of nitrogens with one attached hydrogen (secondary N) is 1. The molecular weight excluding hydrogens is 148 g/mol. The van der Waals surface area contributed by atoms with Crippen molar-refractivity contribution in [1.29, 1.82) is 0 Å². The molecule has 1 rings (SSSR count). The maximum atomic E-state index is 10.2. The summed E-state index contributed by atoms with van der Waals surface area (Å²) < 4.78 is 0. The van der Waals surface area contributed by atoms with E-state index in [1.165, 1.54) is 0 Å². The lowest BCUT2D eigenvalue weighted by Crippen LogP contribution is -2.37. The zero-order valence-corrected chi connectivity index (χ0v) is 5.82. The van der Waals surface area contributed by atoms with Crippen LogP contribution in [-0.4, -0.2) is 23.3 Å². The van der Waals surface area contributed by atoms with Crippen molar-refractivity contribution in [1.82, 2.24) is 5.32 Å². The molecule has 0 unspecified atom stereocenters. The maximum Gasteiger partial charge on any atom is 0.405 e. The lowest BCUT2D eigenvalue weighted by Gasteiger charge is -2.10. The molecule has 11 heavy (non-hydrogen) atoms. The predicted octanol–water partition coefficient (Wildman–Crippen LogP) is 1.10. The van der Waals surface area contributed by atoms with Crippen LogP contribution in [0.15, 0.2) is 5.11 Å². The van der Waals surface area contributed by atoms with Gasteiger partial charge in [0.05, 0.1) is 0 Å². The molecule has 6 nitrogen and oxygen atoms in total. The van der Waals surface area contributed by atoms with Crippen molar-refractivity contribution >= 4 is 6.09 Å². The van der Waals surface area contributed by atoms with Crippen LogP contribution in [0, 0.1) is 0 Å². The molecule has 0 aromatic heterocycles. The van der Waals surface area contributed by atoms with E-state index < -0.39 is 11.6 Å². The first kappa shape index (κ1) is 7.68. The van der Waals surface area contributed by atoms with Gasteiger partial charge in [-0.15, -0.1) is 0 Å². The van der Waals surface area contributed by atoms with Crippen molar-refractivity contribution < 1.29 is 9.90 Å². The van der Waals surface area contributed by atoms with Crippen LogP contribution in [0.1, 0.15) is 12.8 Å². The Labute approximate surface area is 62.8 Å². The van der Waals surface area contributed by atoms with Crippen LogP contribution in [0.4, 0.5) is 4.79 Å². The Balaban J connectivity index is 2.40. The molecule has 0 radical (unpaired) electrons. The van der Waals surface area contributed by atoms with Gasteiger partial charge in [0.15, 0.2) is 0 Å². The number of hydrogen-bond donors (Lipinski definition) is 2. The first-order valence-electron chi connectivity index (χ1n) is 3.20. The standard InChI is InChI=1S/C5H8N4O2/c6-9-7-3-5(1-2-5)8-4(10)11/h8H,1-3H2,(H,10,11). The minimum Gasteiger partial charge on any atom is -0.465 e. The van der Waals surface area contributed by atoms with Crippen molar-refractivity contribution in [2.24, 2.45) is 5.11 Å². The largest absolute Gasteiger partial charge is 0.465 e. The van der Waals surface area contributed by atoms with Gasteiger partial charge in [-0.25, -0.2) is 4.79 Å². The molecule has 0 spiro atoms. The summed E-state index contributed by atoms with van der Waals surface area (Å²) in [5.41, 5.74) is 7.53. The highest BCUT2D eigenvalue weighted by atomic mass is 16.4. The molecule has 0 aromatic carbocycles. The monoisotopic (exact) mass is 156 g/mol. The van der Waals surface area contributed by atoms with E-state index in [1.807, 2.05) is 0 Å². The molecule has 1 saturated carbocycles. The Kier molecular flexibility index (Phi) is 1.87. The normalized spacial score (nSPS) is 18.2. The zero-order valence-electron chi connectivity index (χ0n) is 5.82. The number of rotatable bonds is 3. The molecule has 1 aliphatic rings. The number of amides is 1. The van der Waals surface area contributed by atoms with Crippen molar-refractivity contribution in [3.63, 3.8) is 0 Å². The summed E-state index contributed by atoms with van der Waals surface area (Å²) in [5.74, 6) is 0. The van der Waals surface area contributed by atoms with Crippen molar-refractivity contribution in [2.45, 2.75) is 18.4 Å². The van der Waals surface area contributed by atoms with Gasteiger partial charge in [0.2, 0.25) is 0 Å². The summed E-state index contributed by atoms with van der Waals surface area (Å²) in [6.07, 6.45) is 0.465. The highest BCUT2D eigenvalue weighted by molar-refractivity contribution is 5.66. The Bertz CT molecular complexity index is 211. The molecule has 60 valence electrons. The second-order valence-electron chi connectivity index (χ2n) is 2.60. The van der Waals surface area contributed by atoms with Crippen LogP contribution >= 0.6 is 0 Å². The smallest absolute Gasteiger partial charge is 0.405 e. The second-order valence-corrected chi connectivity index (χ2v) is 2.60. The molecule has 0 heterocycles. The third-order valence-corrected chi connectivity index (χ3v) is 1.66. The van der Waals surface area contributed by atoms with Crippen molar-refractivity contribution in [2.75, 3.05) is 6.54 Å². The molecule has 1 fully saturated rings. The molecule has 2 N–H and O–H groups in total. The van der Waals surface area contributed by atoms with E-state index in [0.717, 1.165) is 12.8 Å². The highest BCUT2D eigenvalue weighted by Crippen LogP contribution is 2.35. The number of azide groups is 1. The van der Waals surface area contributed by atoms with Gasteiger partial charge in [-0.05, 0) is 18.4 Å². The number of carbonyl (C=O) groups is 1. The van der Waals surface area contributed by atoms with Crippen LogP contribution in [0.2, 0.25) is 0 Å². The second kappa shape index (κ2) is 2.67. The summed E-state index contributed by atoms with van der Waals surface area (Å²) in [6, 6.07) is 0. The van der Waals surface area contributed by atoms with Gasteiger partial charge < -0.3 is 10.4 Å². The van der Waals surface area contributed by atoms with Gasteiger partial charge in [-0.1, -0.05) is 5.11 Å². The van der Waals surface area contributed by atoms with Crippen molar-refractivity contribution in [3.8, 4) is 0 Å². The molecule has 0 atom stereocenters. The van der Waals surface area contributed by atoms with Crippen LogP contribution in [0.5, 0.6) is 0 Å². The SMILES string of the molecule is [N-]=[N+]=NCC1(NC(=O)O)CC1. The van der Waals surface area contributed by atoms with E-state index in [9.17, 15) is 4.79 Å². The summed E-state index contributed by atoms with van der Waals surface area (Å²) in [7, 11) is 0. The first-order valence-corrected chi connectivity index (χ1v) is 3.20. The fourth-order valence-corrected chi connectivity index (χ4v) is 0.867. The molecule has 6 heteroatoms. The summed E-state index contributed by atoms with van der Waals surface area (Å²) >= 11 is 0. The zero-order chi connectivity index (χ0) is 8.32. The molecule has 1 amide bonds. The summed E-state index contributed by atoms with van der Waals surface area (Å²) in [6.45, 7) is 0.218. The van der Waals surface area contributed by atoms with Gasteiger partial charge in [0.1, 0.15) is 0 Å². The summed E-state index contributed by atoms with van der Waals surface area (Å²) in [5, 5.41) is 14.0. The lowest BCUT2D eigenvalue weighted by atomic mass is 10.3. The Morgan fingerprint density at radius 3 is 2.82 bits per heavy atom. The van der Waals surface area contributed by atoms with E-state index in [-0.39, 0.29) is 6.54 Å². The Morgan fingerprint density at radius 2 is 2.45 bits per heavy atom. The van der Waals surface area contributed by atoms with Gasteiger partial charge in [0, 0.05) is 17.0 Å². The van der Waals surface area contributed by atoms with E-state index in [1.54, 1.807) is 0 Å². The number of carboxylic acid groups (broad SMARTS) is 1. The fourth-order valence-electron chi connectivity index (χ4n) is 0.867. The average Bonchev–Trinajstić information content (AvgIpc) is 2.64. The Morgan fingerprint density at radius 1 is 1.82 bits per heavy atom. The minimum absolute atomic E-state index is 0.218. The molecule has 0 saturated heterocycles. The predicted molar refractivity (Wildman–Crippen MR) is 37.1 cm³/mol. The molecular formula is C5H8N4O2. The van der Waals surface area contributed by atoms with Gasteiger partial charge in [0.25, 0.3) is 0 Å². The molecule has 0 aromatic rings. The number of hydrogen-bond acceptors (Lipinski definition) is 2. The van der Waals surface area contributed by atoms with Crippen LogP contribution < -0.4 is 5.32 Å². The van der Waals surface area contributed by atoms with Gasteiger partial charge in [-0.2, -0.15) is 0 Å². The topological polar surface area (TPSA) is 98.1 Å². The molecule has 0 bridgehead atoms. The molecule has 1 aliphatic carbocycles. The quantitative estimate of drug-likeness (QED) is 0.363. The third kappa shape index (κ3) is 2.01. The molecule has 0 aliphatic heterocycles. The van der Waals surface area contributed by atoms with Gasteiger partial charge >= 0.3 is 6.09 Å². The van der Waals surface area contributed by atoms with Crippen molar-refractivity contribution in [3.05, 3.63) is 10.4 Å². The Hall–Kier alpha value is -1.42. The lowest BCUT2D eigenvalue weighted by molar-refractivity contribution is 0.189. The first-order chi connectivity index (χ1) is 5.18. The minimum atomic E-state index is -1.06. The van der Waals surface area contributed by atoms with E-state index >= 15 is 0 Å². The number of nitrogens with zero attached hydrogens (tertiary/aromatic N) is 3. The van der Waals surface area contributed by atoms with Crippen LogP contribution in [0.25, 0.3) is 10.4 Å². The van der Waals surface area contributed by atoms with Crippen LogP contribution in [-0.2, 0) is 0 Å². The highest BCUT2D eigenvalue weighted by Gasteiger charge is 2.43. The maximum absolute atomic E-state index is 10.2. The summed E-state index contributed by atoms with van der Waals surface area (Å²) in [4.78, 5) is 12.7. The average molecular weight is 156 g/mol. The third-order valence-electron chi connectivity index (χ3n) is 1.66. The van der Waals surface area contributed by atoms with E-state index in [4.69, 9.17) is 10.6 Å². The van der Waals surface area contributed by atoms with E-state index in [0.29, 0.717) is 0 Å². The van der Waals surface area contributed by atoms with Gasteiger partial charge in [-0.3, -0.25) is 0 Å². The van der Waals surface area contributed by atoms with Crippen LogP contribution in [0.3, 0.4) is 0 Å². The van der Waals surface area contributed by atoms with E-state index in [2.05, 4.69) is 15.3 Å².